The predicted octanol–water partition coefficient (Wildman–Crippen LogP) is 2.90. The van der Waals surface area contributed by atoms with E-state index in [0.717, 1.165) is 25.2 Å². The fourth-order valence-corrected chi connectivity index (χ4v) is 2.04. The first-order valence-corrected chi connectivity index (χ1v) is 6.29. The molecule has 1 N–H and O–H groups in total. The van der Waals surface area contributed by atoms with Crippen LogP contribution in [-0.4, -0.2) is 29.1 Å². The second-order valence-corrected chi connectivity index (χ2v) is 5.50. The van der Waals surface area contributed by atoms with E-state index in [4.69, 9.17) is 5.11 Å². The first-order valence-electron chi connectivity index (χ1n) is 6.29. The number of carboxylic acid groups (broad SMARTS) is 1. The van der Waals surface area contributed by atoms with Gasteiger partial charge in [-0.2, -0.15) is 0 Å². The molecule has 0 aliphatic carbocycles. The molecule has 0 fully saturated rings. The summed E-state index contributed by atoms with van der Waals surface area (Å²) in [6.45, 7) is 10.4. The van der Waals surface area contributed by atoms with E-state index in [1.807, 2.05) is 6.08 Å². The predicted molar refractivity (Wildman–Crippen MR) is 69.7 cm³/mol. The number of carbonyl (C=O) groups is 1. The lowest BCUT2D eigenvalue weighted by Crippen LogP contribution is -2.31. The van der Waals surface area contributed by atoms with E-state index in [2.05, 4.69) is 32.6 Å². The molecule has 96 valence electrons. The van der Waals surface area contributed by atoms with Crippen molar-refractivity contribution in [1.82, 2.24) is 4.90 Å². The third kappa shape index (κ3) is 4.25. The monoisotopic (exact) mass is 237 g/mol. The summed E-state index contributed by atoms with van der Waals surface area (Å²) in [5.74, 6) is 0.310. The van der Waals surface area contributed by atoms with E-state index in [1.165, 1.54) is 0 Å². The Bertz CT molecular complexity index is 340. The lowest BCUT2D eigenvalue weighted by molar-refractivity contribution is -0.132. The molecule has 3 heteroatoms. The molecule has 1 aliphatic heterocycles. The summed E-state index contributed by atoms with van der Waals surface area (Å²) in [6.07, 6.45) is 4.57. The number of allylic oxidation sites excluding steroid dienone is 1. The maximum Gasteiger partial charge on any atom is 0.335 e. The summed E-state index contributed by atoms with van der Waals surface area (Å²) in [7, 11) is 0. The number of carboxylic acids is 1. The maximum absolute atomic E-state index is 11.0. The molecule has 0 saturated heterocycles. The normalized spacial score (nSPS) is 16.2. The van der Waals surface area contributed by atoms with Crippen LogP contribution in [0.15, 0.2) is 23.4 Å². The summed E-state index contributed by atoms with van der Waals surface area (Å²) < 4.78 is 0. The summed E-state index contributed by atoms with van der Waals surface area (Å²) in [4.78, 5) is 13.3. The van der Waals surface area contributed by atoms with Crippen molar-refractivity contribution >= 4 is 5.97 Å². The van der Waals surface area contributed by atoms with Gasteiger partial charge < -0.3 is 10.0 Å². The van der Waals surface area contributed by atoms with E-state index in [-0.39, 0.29) is 0 Å². The molecule has 0 unspecified atom stereocenters. The van der Waals surface area contributed by atoms with Crippen LogP contribution in [0.5, 0.6) is 0 Å². The van der Waals surface area contributed by atoms with Gasteiger partial charge in [-0.05, 0) is 24.3 Å². The van der Waals surface area contributed by atoms with Gasteiger partial charge in [0.05, 0.1) is 5.57 Å². The Morgan fingerprint density at radius 1 is 1.35 bits per heavy atom. The molecule has 0 saturated carbocycles. The molecule has 3 nitrogen and oxygen atoms in total. The fraction of sp³-hybridized carbons (Fsp3) is 0.643. The van der Waals surface area contributed by atoms with Crippen molar-refractivity contribution in [2.24, 2.45) is 11.8 Å². The Morgan fingerprint density at radius 3 is 2.47 bits per heavy atom. The zero-order chi connectivity index (χ0) is 13.0. The van der Waals surface area contributed by atoms with Crippen molar-refractivity contribution in [3.63, 3.8) is 0 Å². The van der Waals surface area contributed by atoms with Gasteiger partial charge in [-0.1, -0.05) is 33.8 Å². The number of rotatable bonds is 5. The van der Waals surface area contributed by atoms with Gasteiger partial charge in [-0.25, -0.2) is 4.79 Å². The molecular weight excluding hydrogens is 214 g/mol. The zero-order valence-electron chi connectivity index (χ0n) is 11.2. The van der Waals surface area contributed by atoms with E-state index in [9.17, 15) is 4.79 Å². The van der Waals surface area contributed by atoms with Crippen LogP contribution in [0.3, 0.4) is 0 Å². The average molecular weight is 237 g/mol. The minimum Gasteiger partial charge on any atom is -0.478 e. The molecule has 1 rings (SSSR count). The molecule has 1 heterocycles. The van der Waals surface area contributed by atoms with Crippen LogP contribution in [0.1, 0.15) is 34.1 Å². The quantitative estimate of drug-likeness (QED) is 0.799. The Morgan fingerprint density at radius 2 is 2.00 bits per heavy atom. The number of nitrogens with zero attached hydrogens (tertiary/aromatic N) is 1. The lowest BCUT2D eigenvalue weighted by atomic mass is 10.0. The second kappa shape index (κ2) is 5.89. The molecular formula is C14H23NO2. The highest BCUT2D eigenvalue weighted by Gasteiger charge is 2.18. The molecule has 0 radical (unpaired) electrons. The molecule has 0 atom stereocenters. The first kappa shape index (κ1) is 13.8. The van der Waals surface area contributed by atoms with Gasteiger partial charge in [0.2, 0.25) is 0 Å². The van der Waals surface area contributed by atoms with Crippen molar-refractivity contribution in [2.45, 2.75) is 34.1 Å². The van der Waals surface area contributed by atoms with Crippen LogP contribution in [-0.2, 0) is 4.79 Å². The summed E-state index contributed by atoms with van der Waals surface area (Å²) in [5, 5.41) is 9.03. The number of hydrogen-bond donors (Lipinski definition) is 1. The molecule has 1 aliphatic rings. The van der Waals surface area contributed by atoms with Crippen LogP contribution in [0.4, 0.5) is 0 Å². The summed E-state index contributed by atoms with van der Waals surface area (Å²) in [5.41, 5.74) is 1.59. The molecule has 0 spiro atoms. The van der Waals surface area contributed by atoms with E-state index >= 15 is 0 Å². The topological polar surface area (TPSA) is 40.5 Å². The van der Waals surface area contributed by atoms with E-state index < -0.39 is 5.97 Å². The third-order valence-electron chi connectivity index (χ3n) is 2.71. The third-order valence-corrected chi connectivity index (χ3v) is 2.71. The van der Waals surface area contributed by atoms with Crippen molar-refractivity contribution in [1.29, 1.82) is 0 Å². The number of aliphatic carboxylic acids is 1. The minimum atomic E-state index is -0.824. The first-order chi connectivity index (χ1) is 7.90. The largest absolute Gasteiger partial charge is 0.478 e. The van der Waals surface area contributed by atoms with Crippen molar-refractivity contribution in [3.05, 3.63) is 23.4 Å². The second-order valence-electron chi connectivity index (χ2n) is 5.50. The van der Waals surface area contributed by atoms with Gasteiger partial charge in [-0.15, -0.1) is 0 Å². The van der Waals surface area contributed by atoms with Crippen LogP contribution >= 0.6 is 0 Å². The lowest BCUT2D eigenvalue weighted by Gasteiger charge is -2.31. The van der Waals surface area contributed by atoms with Crippen molar-refractivity contribution < 1.29 is 9.90 Å². The highest BCUT2D eigenvalue weighted by Crippen LogP contribution is 2.22. The molecule has 0 aromatic heterocycles. The van der Waals surface area contributed by atoms with Crippen molar-refractivity contribution in [3.8, 4) is 0 Å². The highest BCUT2D eigenvalue weighted by molar-refractivity contribution is 5.90. The highest BCUT2D eigenvalue weighted by atomic mass is 16.4. The Kier molecular flexibility index (Phi) is 4.79. The Balaban J connectivity index is 2.83. The van der Waals surface area contributed by atoms with E-state index in [0.29, 0.717) is 17.4 Å². The minimum absolute atomic E-state index is 0.431. The molecule has 0 aromatic rings. The van der Waals surface area contributed by atoms with E-state index in [1.54, 1.807) is 6.08 Å². The van der Waals surface area contributed by atoms with Gasteiger partial charge in [0.15, 0.2) is 0 Å². The average Bonchev–Trinajstić information content (AvgIpc) is 2.18. The van der Waals surface area contributed by atoms with Gasteiger partial charge in [0.1, 0.15) is 0 Å². The summed E-state index contributed by atoms with van der Waals surface area (Å²) in [6, 6.07) is 0. The molecule has 0 aromatic carbocycles. The fourth-order valence-electron chi connectivity index (χ4n) is 2.04. The Hall–Kier alpha value is -1.25. The SMILES string of the molecule is CC(C)CC1=CC(C(=O)O)=CCN1CC(C)C. The Labute approximate surface area is 104 Å². The molecule has 0 bridgehead atoms. The van der Waals surface area contributed by atoms with Gasteiger partial charge in [0.25, 0.3) is 0 Å². The van der Waals surface area contributed by atoms with Crippen molar-refractivity contribution in [2.75, 3.05) is 13.1 Å². The van der Waals surface area contributed by atoms with Gasteiger partial charge in [-0.3, -0.25) is 0 Å². The standard InChI is InChI=1S/C14H23NO2/c1-10(2)7-13-8-12(14(16)17)5-6-15(13)9-11(3)4/h5,8,10-11H,6-7,9H2,1-4H3,(H,16,17). The number of hydrogen-bond acceptors (Lipinski definition) is 2. The van der Waals surface area contributed by atoms with Gasteiger partial charge >= 0.3 is 5.97 Å². The zero-order valence-corrected chi connectivity index (χ0v) is 11.2. The van der Waals surface area contributed by atoms with Crippen LogP contribution < -0.4 is 0 Å². The maximum atomic E-state index is 11.0. The smallest absolute Gasteiger partial charge is 0.335 e. The molecule has 17 heavy (non-hydrogen) atoms. The van der Waals surface area contributed by atoms with Crippen LogP contribution in [0.2, 0.25) is 0 Å². The van der Waals surface area contributed by atoms with Gasteiger partial charge in [0, 0.05) is 18.8 Å². The van der Waals surface area contributed by atoms with Crippen LogP contribution in [0.25, 0.3) is 0 Å². The summed E-state index contributed by atoms with van der Waals surface area (Å²) >= 11 is 0. The molecule has 0 amide bonds. The van der Waals surface area contributed by atoms with Crippen LogP contribution in [0, 0.1) is 11.8 Å².